The molecule has 3 N–H and O–H groups in total. The molecule has 0 aromatic carbocycles. The van der Waals surface area contributed by atoms with Gasteiger partial charge in [-0.3, -0.25) is 4.79 Å². The Balaban J connectivity index is 3.64. The Morgan fingerprint density at radius 3 is 1.03 bits per heavy atom. The summed E-state index contributed by atoms with van der Waals surface area (Å²) >= 11 is 0. The normalized spacial score (nSPS) is 13.8. The summed E-state index contributed by atoms with van der Waals surface area (Å²) in [5, 5.41) is 23.2. The van der Waals surface area contributed by atoms with E-state index in [1.807, 2.05) is 6.08 Å². The fraction of sp³-hybridized carbons (Fsp3) is 0.672. The molecular formula is C64H109NO3. The van der Waals surface area contributed by atoms with Gasteiger partial charge < -0.3 is 15.5 Å². The predicted octanol–water partition coefficient (Wildman–Crippen LogP) is 19.2. The minimum absolute atomic E-state index is 0.0882. The van der Waals surface area contributed by atoms with Crippen LogP contribution in [0.4, 0.5) is 0 Å². The van der Waals surface area contributed by atoms with Gasteiger partial charge in [-0.25, -0.2) is 0 Å². The lowest BCUT2D eigenvalue weighted by atomic mass is 10.0. The Bertz CT molecular complexity index is 1340. The molecule has 2 atom stereocenters. The summed E-state index contributed by atoms with van der Waals surface area (Å²) in [5.74, 6) is -0.0882. The number of rotatable bonds is 51. The van der Waals surface area contributed by atoms with E-state index < -0.39 is 12.1 Å². The number of unbranched alkanes of at least 4 members (excludes halogenated alkanes) is 26. The second-order valence-corrected chi connectivity index (χ2v) is 19.0. The van der Waals surface area contributed by atoms with E-state index in [9.17, 15) is 15.0 Å². The molecule has 68 heavy (non-hydrogen) atoms. The molecule has 1 amide bonds. The molecule has 4 heteroatoms. The maximum Gasteiger partial charge on any atom is 0.220 e. The van der Waals surface area contributed by atoms with Crippen LogP contribution in [0.25, 0.3) is 0 Å². The van der Waals surface area contributed by atoms with Gasteiger partial charge in [0.15, 0.2) is 0 Å². The number of aliphatic hydroxyl groups excluding tert-OH is 2. The number of carbonyl (C=O) groups excluding carboxylic acids is 1. The largest absolute Gasteiger partial charge is 0.394 e. The molecule has 0 heterocycles. The van der Waals surface area contributed by atoms with Gasteiger partial charge in [-0.05, 0) is 103 Å². The van der Waals surface area contributed by atoms with Crippen LogP contribution >= 0.6 is 0 Å². The molecular weight excluding hydrogens is 831 g/mol. The molecule has 0 saturated heterocycles. The van der Waals surface area contributed by atoms with Gasteiger partial charge in [0.25, 0.3) is 0 Å². The van der Waals surface area contributed by atoms with Crippen LogP contribution in [0.15, 0.2) is 122 Å². The van der Waals surface area contributed by atoms with Gasteiger partial charge in [-0.1, -0.05) is 270 Å². The highest BCUT2D eigenvalue weighted by atomic mass is 16.3. The first-order valence-electron chi connectivity index (χ1n) is 28.7. The highest BCUT2D eigenvalue weighted by molar-refractivity contribution is 5.76. The Hall–Kier alpha value is -3.21. The summed E-state index contributed by atoms with van der Waals surface area (Å²) in [6, 6.07) is -0.659. The van der Waals surface area contributed by atoms with Gasteiger partial charge in [0, 0.05) is 6.42 Å². The lowest BCUT2D eigenvalue weighted by molar-refractivity contribution is -0.123. The molecule has 388 valence electrons. The van der Waals surface area contributed by atoms with E-state index >= 15 is 0 Å². The minimum atomic E-state index is -0.882. The van der Waals surface area contributed by atoms with Gasteiger partial charge in [0.05, 0.1) is 18.8 Å². The molecule has 0 rings (SSSR count). The van der Waals surface area contributed by atoms with Crippen molar-refractivity contribution in [2.24, 2.45) is 0 Å². The van der Waals surface area contributed by atoms with Crippen LogP contribution in [-0.4, -0.2) is 34.9 Å². The lowest BCUT2D eigenvalue weighted by Gasteiger charge is -2.19. The summed E-state index contributed by atoms with van der Waals surface area (Å²) in [6.45, 7) is 4.18. The van der Waals surface area contributed by atoms with E-state index in [1.54, 1.807) is 6.08 Å². The number of aliphatic hydroxyl groups is 2. The van der Waals surface area contributed by atoms with E-state index in [2.05, 4.69) is 129 Å². The lowest BCUT2D eigenvalue weighted by Crippen LogP contribution is -2.45. The number of allylic oxidation sites excluding steroid dienone is 19. The Morgan fingerprint density at radius 2 is 0.662 bits per heavy atom. The van der Waals surface area contributed by atoms with Crippen molar-refractivity contribution >= 4 is 5.91 Å². The summed E-state index contributed by atoms with van der Waals surface area (Å²) in [5.41, 5.74) is 0. The first-order valence-corrected chi connectivity index (χ1v) is 28.7. The molecule has 0 aliphatic heterocycles. The van der Waals surface area contributed by atoms with Crippen molar-refractivity contribution in [1.29, 1.82) is 0 Å². The highest BCUT2D eigenvalue weighted by Gasteiger charge is 2.17. The number of amides is 1. The minimum Gasteiger partial charge on any atom is -0.394 e. The first-order chi connectivity index (χ1) is 33.7. The molecule has 0 fully saturated rings. The van der Waals surface area contributed by atoms with E-state index in [-0.39, 0.29) is 12.5 Å². The van der Waals surface area contributed by atoms with Crippen molar-refractivity contribution in [3.05, 3.63) is 122 Å². The van der Waals surface area contributed by atoms with E-state index in [4.69, 9.17) is 0 Å². The van der Waals surface area contributed by atoms with E-state index in [1.165, 1.54) is 148 Å². The highest BCUT2D eigenvalue weighted by Crippen LogP contribution is 2.15. The van der Waals surface area contributed by atoms with Crippen molar-refractivity contribution in [3.63, 3.8) is 0 Å². The third-order valence-corrected chi connectivity index (χ3v) is 12.4. The number of hydrogen-bond donors (Lipinski definition) is 3. The maximum atomic E-state index is 12.5. The SMILES string of the molecule is CC/C=C\C/C=C\C/C=C\C/C=C\C/C=C\C/C=C\C/C=C\CCCCCCCCCCCC(=O)NC(CO)C(O)/C=C/CC/C=C/CC/C=C/CCCCCCCCCCCCCCCCC. The summed E-state index contributed by atoms with van der Waals surface area (Å²) in [6.07, 6.45) is 89.3. The molecule has 0 aromatic heterocycles. The third kappa shape index (κ3) is 53.7. The van der Waals surface area contributed by atoms with Gasteiger partial charge >= 0.3 is 0 Å². The second-order valence-electron chi connectivity index (χ2n) is 19.0. The Kier molecular flexibility index (Phi) is 55.4. The smallest absolute Gasteiger partial charge is 0.220 e. The van der Waals surface area contributed by atoms with Crippen LogP contribution in [-0.2, 0) is 4.79 Å². The maximum absolute atomic E-state index is 12.5. The molecule has 0 spiro atoms. The zero-order chi connectivity index (χ0) is 49.2. The Morgan fingerprint density at radius 1 is 0.368 bits per heavy atom. The molecule has 4 nitrogen and oxygen atoms in total. The van der Waals surface area contributed by atoms with Gasteiger partial charge in [0.2, 0.25) is 5.91 Å². The standard InChI is InChI=1S/C64H109NO3/c1-3-5-7-9-11-13-15-17-19-21-23-25-27-29-30-31-32-33-34-36-38-40-42-44-46-48-50-52-54-56-58-60-64(68)65-62(61-66)63(67)59-57-55-53-51-49-47-45-43-41-39-37-35-28-26-24-22-20-18-16-14-12-10-8-6-4-2/h5,7,11,13,17,19,23,25,29-30,32-33,36,38,41,43,49,51,57,59,62-63,66-67H,3-4,6,8-10,12,14-16,18,20-22,24,26-28,31,34-35,37,39-40,42,44-48,50,52-56,58,60-61H2,1-2H3,(H,65,68)/b7-5-,13-11-,19-17-,25-23-,30-29-,33-32-,38-36-,43-41+,51-49+,59-57+. The average Bonchev–Trinajstić information content (AvgIpc) is 3.34. The summed E-state index contributed by atoms with van der Waals surface area (Å²) in [7, 11) is 0. The van der Waals surface area contributed by atoms with Crippen LogP contribution in [0.2, 0.25) is 0 Å². The molecule has 0 aromatic rings. The first kappa shape index (κ1) is 64.8. The van der Waals surface area contributed by atoms with Gasteiger partial charge in [0.1, 0.15) is 0 Å². The summed E-state index contributed by atoms with van der Waals surface area (Å²) < 4.78 is 0. The zero-order valence-electron chi connectivity index (χ0n) is 44.6. The molecule has 0 radical (unpaired) electrons. The molecule has 0 saturated carbocycles. The predicted molar refractivity (Wildman–Crippen MR) is 303 cm³/mol. The second kappa shape index (κ2) is 58.1. The van der Waals surface area contributed by atoms with Crippen molar-refractivity contribution in [2.45, 2.75) is 270 Å². The van der Waals surface area contributed by atoms with Crippen LogP contribution in [0, 0.1) is 0 Å². The van der Waals surface area contributed by atoms with Crippen molar-refractivity contribution < 1.29 is 15.0 Å². The number of carbonyl (C=O) groups is 1. The number of nitrogens with one attached hydrogen (secondary N) is 1. The molecule has 0 aliphatic rings. The van der Waals surface area contributed by atoms with E-state index in [0.717, 1.165) is 89.9 Å². The van der Waals surface area contributed by atoms with Crippen molar-refractivity contribution in [2.75, 3.05) is 6.61 Å². The summed E-state index contributed by atoms with van der Waals surface area (Å²) in [4.78, 5) is 12.5. The fourth-order valence-corrected chi connectivity index (χ4v) is 8.07. The van der Waals surface area contributed by atoms with Crippen molar-refractivity contribution in [1.82, 2.24) is 5.32 Å². The molecule has 0 aliphatic carbocycles. The van der Waals surface area contributed by atoms with Gasteiger partial charge in [-0.2, -0.15) is 0 Å². The molecule has 0 bridgehead atoms. The van der Waals surface area contributed by atoms with Crippen molar-refractivity contribution in [3.8, 4) is 0 Å². The number of hydrogen-bond acceptors (Lipinski definition) is 3. The van der Waals surface area contributed by atoms with Crippen LogP contribution in [0.1, 0.15) is 258 Å². The Labute approximate surface area is 422 Å². The fourth-order valence-electron chi connectivity index (χ4n) is 8.07. The molecule has 2 unspecified atom stereocenters. The van der Waals surface area contributed by atoms with Crippen LogP contribution in [0.5, 0.6) is 0 Å². The topological polar surface area (TPSA) is 69.6 Å². The van der Waals surface area contributed by atoms with E-state index in [0.29, 0.717) is 6.42 Å². The van der Waals surface area contributed by atoms with Crippen LogP contribution < -0.4 is 5.32 Å². The third-order valence-electron chi connectivity index (χ3n) is 12.4. The quantitative estimate of drug-likeness (QED) is 0.0420. The average molecular weight is 941 g/mol. The zero-order valence-corrected chi connectivity index (χ0v) is 44.6. The van der Waals surface area contributed by atoms with Gasteiger partial charge in [-0.15, -0.1) is 0 Å². The monoisotopic (exact) mass is 940 g/mol. The van der Waals surface area contributed by atoms with Crippen LogP contribution in [0.3, 0.4) is 0 Å².